The highest BCUT2D eigenvalue weighted by atomic mass is 35.5. The summed E-state index contributed by atoms with van der Waals surface area (Å²) in [4.78, 5) is 4.57. The van der Waals surface area contributed by atoms with Gasteiger partial charge in [-0.05, 0) is 55.2 Å². The SMILES string of the molecule is CCNC(=NCCc1cccc(O)c1)NCCc1cccc(Cl)c1. The third-order valence-corrected chi connectivity index (χ3v) is 3.76. The molecule has 2 rings (SSSR count). The molecule has 0 atom stereocenters. The summed E-state index contributed by atoms with van der Waals surface area (Å²) in [5.41, 5.74) is 2.28. The third kappa shape index (κ3) is 6.50. The number of hydrogen-bond donors (Lipinski definition) is 3. The molecular weight excluding hydrogens is 322 g/mol. The van der Waals surface area contributed by atoms with Crippen molar-refractivity contribution in [1.82, 2.24) is 10.6 Å². The Morgan fingerprint density at radius 3 is 2.50 bits per heavy atom. The van der Waals surface area contributed by atoms with Gasteiger partial charge < -0.3 is 15.7 Å². The van der Waals surface area contributed by atoms with Crippen molar-refractivity contribution in [2.45, 2.75) is 19.8 Å². The van der Waals surface area contributed by atoms with Crippen molar-refractivity contribution in [3.05, 3.63) is 64.7 Å². The summed E-state index contributed by atoms with van der Waals surface area (Å²) in [6.45, 7) is 4.31. The maximum atomic E-state index is 9.48. The van der Waals surface area contributed by atoms with Crippen LogP contribution in [0.3, 0.4) is 0 Å². The Morgan fingerprint density at radius 1 is 1.04 bits per heavy atom. The van der Waals surface area contributed by atoms with E-state index >= 15 is 0 Å². The van der Waals surface area contributed by atoms with Gasteiger partial charge in [-0.15, -0.1) is 0 Å². The fourth-order valence-corrected chi connectivity index (χ4v) is 2.58. The number of aromatic hydroxyl groups is 1. The van der Waals surface area contributed by atoms with Gasteiger partial charge in [0.1, 0.15) is 5.75 Å². The molecule has 24 heavy (non-hydrogen) atoms. The van der Waals surface area contributed by atoms with E-state index in [2.05, 4.69) is 21.7 Å². The number of guanidine groups is 1. The van der Waals surface area contributed by atoms with Crippen molar-refractivity contribution in [2.24, 2.45) is 4.99 Å². The second-order valence-corrected chi connectivity index (χ2v) is 5.92. The van der Waals surface area contributed by atoms with Gasteiger partial charge in [-0.25, -0.2) is 0 Å². The molecule has 0 aromatic heterocycles. The molecule has 128 valence electrons. The normalized spacial score (nSPS) is 11.3. The largest absolute Gasteiger partial charge is 0.508 e. The minimum absolute atomic E-state index is 0.294. The van der Waals surface area contributed by atoms with Crippen LogP contribution in [0.15, 0.2) is 53.5 Å². The predicted octanol–water partition coefficient (Wildman–Crippen LogP) is 3.39. The fourth-order valence-electron chi connectivity index (χ4n) is 2.37. The lowest BCUT2D eigenvalue weighted by Gasteiger charge is -2.11. The molecule has 0 fully saturated rings. The first-order chi connectivity index (χ1) is 11.7. The van der Waals surface area contributed by atoms with Crippen LogP contribution in [-0.4, -0.2) is 30.7 Å². The van der Waals surface area contributed by atoms with Crippen LogP contribution in [-0.2, 0) is 12.8 Å². The molecule has 0 radical (unpaired) electrons. The van der Waals surface area contributed by atoms with E-state index in [0.29, 0.717) is 12.3 Å². The second kappa shape index (κ2) is 9.83. The van der Waals surface area contributed by atoms with Gasteiger partial charge >= 0.3 is 0 Å². The van der Waals surface area contributed by atoms with Crippen LogP contribution in [0.4, 0.5) is 0 Å². The Kier molecular flexibility index (Phi) is 7.43. The number of nitrogens with one attached hydrogen (secondary N) is 2. The zero-order valence-electron chi connectivity index (χ0n) is 13.9. The van der Waals surface area contributed by atoms with Gasteiger partial charge in [0.05, 0.1) is 0 Å². The topological polar surface area (TPSA) is 56.7 Å². The zero-order valence-corrected chi connectivity index (χ0v) is 14.7. The molecule has 0 aliphatic rings. The van der Waals surface area contributed by atoms with E-state index in [-0.39, 0.29) is 0 Å². The molecule has 0 heterocycles. The lowest BCUT2D eigenvalue weighted by molar-refractivity contribution is 0.474. The van der Waals surface area contributed by atoms with Crippen molar-refractivity contribution < 1.29 is 5.11 Å². The molecule has 0 saturated carbocycles. The Morgan fingerprint density at radius 2 is 1.79 bits per heavy atom. The molecule has 0 spiro atoms. The number of phenolic OH excluding ortho intramolecular Hbond substituents is 1. The van der Waals surface area contributed by atoms with Gasteiger partial charge in [0.2, 0.25) is 0 Å². The molecule has 2 aromatic carbocycles. The highest BCUT2D eigenvalue weighted by molar-refractivity contribution is 6.30. The number of aliphatic imine (C=N–C) groups is 1. The van der Waals surface area contributed by atoms with Crippen LogP contribution in [0, 0.1) is 0 Å². The number of rotatable bonds is 7. The average molecular weight is 346 g/mol. The fraction of sp³-hybridized carbons (Fsp3) is 0.316. The minimum Gasteiger partial charge on any atom is -0.508 e. The van der Waals surface area contributed by atoms with Crippen LogP contribution in [0.2, 0.25) is 5.02 Å². The first-order valence-corrected chi connectivity index (χ1v) is 8.59. The maximum absolute atomic E-state index is 9.48. The molecule has 0 bridgehead atoms. The third-order valence-electron chi connectivity index (χ3n) is 3.52. The molecule has 2 aromatic rings. The summed E-state index contributed by atoms with van der Waals surface area (Å²) < 4.78 is 0. The van der Waals surface area contributed by atoms with E-state index in [9.17, 15) is 5.11 Å². The quantitative estimate of drug-likeness (QED) is 0.532. The van der Waals surface area contributed by atoms with Gasteiger partial charge in [-0.1, -0.05) is 35.9 Å². The summed E-state index contributed by atoms with van der Waals surface area (Å²) in [7, 11) is 0. The first kappa shape index (κ1) is 18.1. The Bertz CT molecular complexity index is 673. The van der Waals surface area contributed by atoms with E-state index in [4.69, 9.17) is 11.6 Å². The van der Waals surface area contributed by atoms with Gasteiger partial charge in [0, 0.05) is 24.7 Å². The summed E-state index contributed by atoms with van der Waals surface area (Å²) in [5, 5.41) is 16.8. The first-order valence-electron chi connectivity index (χ1n) is 8.22. The maximum Gasteiger partial charge on any atom is 0.191 e. The highest BCUT2D eigenvalue weighted by Gasteiger charge is 1.99. The van der Waals surface area contributed by atoms with Crippen molar-refractivity contribution in [3.8, 4) is 5.75 Å². The number of nitrogens with zero attached hydrogens (tertiary/aromatic N) is 1. The molecule has 0 amide bonds. The van der Waals surface area contributed by atoms with Crippen LogP contribution in [0.1, 0.15) is 18.1 Å². The standard InChI is InChI=1S/C19H24ClN3O/c1-2-21-19(22-11-9-15-5-3-7-17(20)13-15)23-12-10-16-6-4-8-18(24)14-16/h3-8,13-14,24H,2,9-12H2,1H3,(H2,21,22,23). The van der Waals surface area contributed by atoms with Gasteiger partial charge in [-0.3, -0.25) is 4.99 Å². The molecular formula is C19H24ClN3O. The Balaban J connectivity index is 1.81. The van der Waals surface area contributed by atoms with E-state index in [1.54, 1.807) is 12.1 Å². The highest BCUT2D eigenvalue weighted by Crippen LogP contribution is 2.11. The summed E-state index contributed by atoms with van der Waals surface area (Å²) >= 11 is 6.00. The molecule has 0 unspecified atom stereocenters. The lowest BCUT2D eigenvalue weighted by Crippen LogP contribution is -2.38. The van der Waals surface area contributed by atoms with E-state index < -0.39 is 0 Å². The molecule has 0 aliphatic heterocycles. The number of hydrogen-bond acceptors (Lipinski definition) is 2. The van der Waals surface area contributed by atoms with Gasteiger partial charge in [-0.2, -0.15) is 0 Å². The Hall–Kier alpha value is -2.20. The number of benzene rings is 2. The van der Waals surface area contributed by atoms with Crippen molar-refractivity contribution >= 4 is 17.6 Å². The average Bonchev–Trinajstić information content (AvgIpc) is 2.55. The number of halogens is 1. The monoisotopic (exact) mass is 345 g/mol. The van der Waals surface area contributed by atoms with E-state index in [1.807, 2.05) is 37.3 Å². The van der Waals surface area contributed by atoms with Crippen LogP contribution in [0.5, 0.6) is 5.75 Å². The van der Waals surface area contributed by atoms with E-state index in [0.717, 1.165) is 42.5 Å². The second-order valence-electron chi connectivity index (χ2n) is 5.49. The molecule has 3 N–H and O–H groups in total. The van der Waals surface area contributed by atoms with Crippen LogP contribution in [0.25, 0.3) is 0 Å². The van der Waals surface area contributed by atoms with Crippen LogP contribution >= 0.6 is 11.6 Å². The van der Waals surface area contributed by atoms with Crippen molar-refractivity contribution in [1.29, 1.82) is 0 Å². The van der Waals surface area contributed by atoms with Gasteiger partial charge in [0.15, 0.2) is 5.96 Å². The molecule has 4 nitrogen and oxygen atoms in total. The summed E-state index contributed by atoms with van der Waals surface area (Å²) in [6.07, 6.45) is 1.68. The van der Waals surface area contributed by atoms with Gasteiger partial charge in [0.25, 0.3) is 0 Å². The smallest absolute Gasteiger partial charge is 0.191 e. The Labute approximate surface area is 148 Å². The number of phenols is 1. The lowest BCUT2D eigenvalue weighted by atomic mass is 10.1. The molecule has 5 heteroatoms. The minimum atomic E-state index is 0.294. The predicted molar refractivity (Wildman–Crippen MR) is 101 cm³/mol. The summed E-state index contributed by atoms with van der Waals surface area (Å²) in [6, 6.07) is 15.2. The van der Waals surface area contributed by atoms with E-state index in [1.165, 1.54) is 5.56 Å². The molecule has 0 aliphatic carbocycles. The zero-order chi connectivity index (χ0) is 17.2. The van der Waals surface area contributed by atoms with Crippen molar-refractivity contribution in [2.75, 3.05) is 19.6 Å². The van der Waals surface area contributed by atoms with Crippen LogP contribution < -0.4 is 10.6 Å². The summed E-state index contributed by atoms with van der Waals surface area (Å²) in [5.74, 6) is 1.10. The van der Waals surface area contributed by atoms with Crippen molar-refractivity contribution in [3.63, 3.8) is 0 Å². The molecule has 0 saturated heterocycles.